The number of fused-ring (bicyclic) bond motifs is 3. The highest BCUT2D eigenvalue weighted by molar-refractivity contribution is 6.05. The van der Waals surface area contributed by atoms with Gasteiger partial charge < -0.3 is 10.1 Å². The molecule has 3 aromatic rings. The first kappa shape index (κ1) is 19.1. The lowest BCUT2D eigenvalue weighted by atomic mass is 10.1. The van der Waals surface area contributed by atoms with Crippen molar-refractivity contribution < 1.29 is 14.3 Å². The van der Waals surface area contributed by atoms with Crippen molar-refractivity contribution in [2.75, 3.05) is 30.5 Å². The molecule has 7 nitrogen and oxygen atoms in total. The molecule has 0 radical (unpaired) electrons. The van der Waals surface area contributed by atoms with Gasteiger partial charge in [0.2, 0.25) is 11.9 Å². The van der Waals surface area contributed by atoms with Crippen LogP contribution in [0.15, 0.2) is 48.5 Å². The van der Waals surface area contributed by atoms with Crippen LogP contribution in [0, 0.1) is 0 Å². The number of imidazole rings is 1. The standard InChI is InChI=1S/C22H24N4O3/c1-3-15-8-4-5-9-16(15)23-20(27)14-19-21(28)25(12-13-29-2)22-24-17-10-6-7-11-18(17)26(19)22/h4-11,19H,3,12-14H2,1-2H3,(H,23,27)/t19-/m1/s1. The molecule has 150 valence electrons. The molecule has 0 saturated heterocycles. The number of benzene rings is 2. The van der Waals surface area contributed by atoms with Gasteiger partial charge in [0, 0.05) is 12.8 Å². The molecule has 2 heterocycles. The van der Waals surface area contributed by atoms with E-state index in [-0.39, 0.29) is 18.2 Å². The molecular weight excluding hydrogens is 368 g/mol. The molecule has 2 amide bonds. The summed E-state index contributed by atoms with van der Waals surface area (Å²) >= 11 is 0. The van der Waals surface area contributed by atoms with Gasteiger partial charge in [-0.2, -0.15) is 0 Å². The molecule has 1 aromatic heterocycles. The molecule has 0 spiro atoms. The molecular formula is C22H24N4O3. The lowest BCUT2D eigenvalue weighted by Crippen LogP contribution is -2.33. The van der Waals surface area contributed by atoms with E-state index in [1.807, 2.05) is 60.0 Å². The van der Waals surface area contributed by atoms with E-state index in [1.54, 1.807) is 12.0 Å². The lowest BCUT2D eigenvalue weighted by molar-refractivity contribution is -0.124. The molecule has 0 bridgehead atoms. The Morgan fingerprint density at radius 3 is 2.72 bits per heavy atom. The van der Waals surface area contributed by atoms with E-state index < -0.39 is 6.04 Å². The Bertz CT molecular complexity index is 1060. The van der Waals surface area contributed by atoms with Crippen LogP contribution < -0.4 is 10.2 Å². The zero-order chi connectivity index (χ0) is 20.4. The summed E-state index contributed by atoms with van der Waals surface area (Å²) in [4.78, 5) is 32.2. The minimum atomic E-state index is -0.622. The van der Waals surface area contributed by atoms with Crippen LogP contribution in [0.4, 0.5) is 11.6 Å². The van der Waals surface area contributed by atoms with E-state index in [9.17, 15) is 9.59 Å². The molecule has 1 N–H and O–H groups in total. The number of hydrogen-bond acceptors (Lipinski definition) is 4. The summed E-state index contributed by atoms with van der Waals surface area (Å²) in [6.45, 7) is 2.84. The maximum Gasteiger partial charge on any atom is 0.253 e. The Kier molecular flexibility index (Phi) is 5.31. The number of nitrogens with zero attached hydrogens (tertiary/aromatic N) is 3. The average molecular weight is 392 g/mol. The summed E-state index contributed by atoms with van der Waals surface area (Å²) in [6, 6.07) is 14.8. The van der Waals surface area contributed by atoms with Crippen molar-refractivity contribution in [3.8, 4) is 0 Å². The van der Waals surface area contributed by atoms with Gasteiger partial charge in [-0.1, -0.05) is 37.3 Å². The first-order valence-corrected chi connectivity index (χ1v) is 9.79. The molecule has 1 aliphatic rings. The van der Waals surface area contributed by atoms with Gasteiger partial charge >= 0.3 is 0 Å². The number of rotatable bonds is 7. The van der Waals surface area contributed by atoms with Crippen molar-refractivity contribution in [2.45, 2.75) is 25.8 Å². The van der Waals surface area contributed by atoms with E-state index in [0.717, 1.165) is 28.7 Å². The molecule has 0 aliphatic carbocycles. The largest absolute Gasteiger partial charge is 0.383 e. The smallest absolute Gasteiger partial charge is 0.253 e. The quantitative estimate of drug-likeness (QED) is 0.670. The van der Waals surface area contributed by atoms with Crippen molar-refractivity contribution >= 4 is 34.5 Å². The highest BCUT2D eigenvalue weighted by atomic mass is 16.5. The zero-order valence-electron chi connectivity index (χ0n) is 16.6. The zero-order valence-corrected chi connectivity index (χ0v) is 16.6. The number of para-hydroxylation sites is 3. The average Bonchev–Trinajstić information content (AvgIpc) is 3.22. The Morgan fingerprint density at radius 2 is 1.93 bits per heavy atom. The van der Waals surface area contributed by atoms with Crippen LogP contribution in [-0.2, 0) is 20.7 Å². The summed E-state index contributed by atoms with van der Waals surface area (Å²) in [5.41, 5.74) is 3.51. The highest BCUT2D eigenvalue weighted by Gasteiger charge is 2.40. The number of anilines is 2. The summed E-state index contributed by atoms with van der Waals surface area (Å²) < 4.78 is 7.03. The first-order valence-electron chi connectivity index (χ1n) is 9.79. The van der Waals surface area contributed by atoms with Crippen molar-refractivity contribution in [2.24, 2.45) is 0 Å². The van der Waals surface area contributed by atoms with Crippen LogP contribution in [0.1, 0.15) is 24.9 Å². The van der Waals surface area contributed by atoms with E-state index in [0.29, 0.717) is 19.1 Å². The minimum absolute atomic E-state index is 0.0493. The molecule has 1 atom stereocenters. The predicted molar refractivity (Wildman–Crippen MR) is 112 cm³/mol. The van der Waals surface area contributed by atoms with Crippen LogP contribution >= 0.6 is 0 Å². The van der Waals surface area contributed by atoms with Crippen molar-refractivity contribution in [1.82, 2.24) is 9.55 Å². The van der Waals surface area contributed by atoms with Gasteiger partial charge in [-0.3, -0.25) is 19.1 Å². The summed E-state index contributed by atoms with van der Waals surface area (Å²) in [5, 5.41) is 2.97. The molecule has 0 unspecified atom stereocenters. The Labute approximate surface area is 169 Å². The number of aryl methyl sites for hydroxylation is 1. The molecule has 29 heavy (non-hydrogen) atoms. The number of amides is 2. The third-order valence-corrected chi connectivity index (χ3v) is 5.25. The van der Waals surface area contributed by atoms with E-state index in [2.05, 4.69) is 10.3 Å². The van der Waals surface area contributed by atoms with Crippen molar-refractivity contribution in [1.29, 1.82) is 0 Å². The maximum atomic E-state index is 13.1. The fourth-order valence-electron chi connectivity index (χ4n) is 3.82. The summed E-state index contributed by atoms with van der Waals surface area (Å²) in [5.74, 6) is 0.246. The van der Waals surface area contributed by atoms with Gasteiger partial charge in [0.05, 0.1) is 30.6 Å². The molecule has 2 aromatic carbocycles. The number of aromatic nitrogens is 2. The Balaban J connectivity index is 1.63. The number of hydrogen-bond donors (Lipinski definition) is 1. The molecule has 0 saturated carbocycles. The fourth-order valence-corrected chi connectivity index (χ4v) is 3.82. The van der Waals surface area contributed by atoms with Crippen molar-refractivity contribution in [3.63, 3.8) is 0 Å². The number of carbonyl (C=O) groups excluding carboxylic acids is 2. The molecule has 1 aliphatic heterocycles. The lowest BCUT2D eigenvalue weighted by Gasteiger charge is -2.16. The summed E-state index contributed by atoms with van der Waals surface area (Å²) in [6.07, 6.45) is 0.869. The fraction of sp³-hybridized carbons (Fsp3) is 0.318. The van der Waals surface area contributed by atoms with Gasteiger partial charge in [0.15, 0.2) is 0 Å². The minimum Gasteiger partial charge on any atom is -0.383 e. The van der Waals surface area contributed by atoms with Crippen LogP contribution in [0.5, 0.6) is 0 Å². The number of methoxy groups -OCH3 is 1. The number of carbonyl (C=O) groups is 2. The van der Waals surface area contributed by atoms with Crippen molar-refractivity contribution in [3.05, 3.63) is 54.1 Å². The van der Waals surface area contributed by atoms with Gasteiger partial charge in [-0.25, -0.2) is 4.98 Å². The Hall–Kier alpha value is -3.19. The summed E-state index contributed by atoms with van der Waals surface area (Å²) in [7, 11) is 1.60. The maximum absolute atomic E-state index is 13.1. The van der Waals surface area contributed by atoms with Crippen LogP contribution in [0.3, 0.4) is 0 Å². The molecule has 7 heteroatoms. The molecule has 0 fully saturated rings. The normalized spacial score (nSPS) is 15.7. The Morgan fingerprint density at radius 1 is 1.17 bits per heavy atom. The highest BCUT2D eigenvalue weighted by Crippen LogP contribution is 2.36. The topological polar surface area (TPSA) is 76.5 Å². The predicted octanol–water partition coefficient (Wildman–Crippen LogP) is 3.16. The van der Waals surface area contributed by atoms with E-state index in [1.165, 1.54) is 0 Å². The van der Waals surface area contributed by atoms with Crippen LogP contribution in [0.25, 0.3) is 11.0 Å². The first-order chi connectivity index (χ1) is 14.1. The number of ether oxygens (including phenoxy) is 1. The second-order valence-corrected chi connectivity index (χ2v) is 7.03. The van der Waals surface area contributed by atoms with Gasteiger partial charge in [-0.15, -0.1) is 0 Å². The molecule has 4 rings (SSSR count). The van der Waals surface area contributed by atoms with Gasteiger partial charge in [-0.05, 0) is 30.2 Å². The van der Waals surface area contributed by atoms with Gasteiger partial charge in [0.1, 0.15) is 6.04 Å². The van der Waals surface area contributed by atoms with Gasteiger partial charge in [0.25, 0.3) is 5.91 Å². The number of nitrogens with one attached hydrogen (secondary N) is 1. The van der Waals surface area contributed by atoms with E-state index >= 15 is 0 Å². The van der Waals surface area contributed by atoms with E-state index in [4.69, 9.17) is 4.74 Å². The van der Waals surface area contributed by atoms with Crippen LogP contribution in [-0.4, -0.2) is 41.6 Å². The third-order valence-electron chi connectivity index (χ3n) is 5.25. The monoisotopic (exact) mass is 392 g/mol. The SMILES string of the molecule is CCc1ccccc1NC(=O)C[C@@H]1C(=O)N(CCOC)c2nc3ccccc3n21. The van der Waals surface area contributed by atoms with Crippen LogP contribution in [0.2, 0.25) is 0 Å². The second kappa shape index (κ2) is 8.05. The second-order valence-electron chi connectivity index (χ2n) is 7.03. The third kappa shape index (κ3) is 3.49.